The lowest BCUT2D eigenvalue weighted by molar-refractivity contribution is 0.199. The smallest absolute Gasteiger partial charge is 0.0587 e. The van der Waals surface area contributed by atoms with Crippen molar-refractivity contribution in [2.45, 2.75) is 45.6 Å². The normalized spacial score (nSPS) is 11.3. The molecule has 0 aliphatic rings. The zero-order valence-corrected chi connectivity index (χ0v) is 12.0. The Kier molecular flexibility index (Phi) is 7.69. The van der Waals surface area contributed by atoms with Crippen LogP contribution in [0.4, 0.5) is 0 Å². The fourth-order valence-corrected chi connectivity index (χ4v) is 2.09. The van der Waals surface area contributed by atoms with E-state index in [9.17, 15) is 0 Å². The number of hydrogen-bond donors (Lipinski definition) is 1. The highest BCUT2D eigenvalue weighted by molar-refractivity contribution is 5.04. The molecule has 18 heavy (non-hydrogen) atoms. The van der Waals surface area contributed by atoms with E-state index in [2.05, 4.69) is 35.1 Å². The average Bonchev–Trinajstić information content (AvgIpc) is 2.84. The first-order chi connectivity index (χ1) is 8.81. The number of methoxy groups -OCH3 is 1. The van der Waals surface area contributed by atoms with Crippen LogP contribution in [0.5, 0.6) is 0 Å². The number of rotatable bonds is 10. The van der Waals surface area contributed by atoms with Gasteiger partial charge in [0.05, 0.1) is 18.8 Å². The summed E-state index contributed by atoms with van der Waals surface area (Å²) in [7, 11) is 1.73. The molecule has 0 bridgehead atoms. The Morgan fingerprint density at radius 1 is 1.33 bits per heavy atom. The Morgan fingerprint density at radius 3 is 2.78 bits per heavy atom. The zero-order chi connectivity index (χ0) is 13.2. The highest BCUT2D eigenvalue weighted by Crippen LogP contribution is 2.15. The van der Waals surface area contributed by atoms with Crippen LogP contribution in [-0.2, 0) is 11.2 Å². The van der Waals surface area contributed by atoms with Gasteiger partial charge in [-0.1, -0.05) is 13.8 Å². The van der Waals surface area contributed by atoms with Crippen molar-refractivity contribution in [2.75, 3.05) is 26.8 Å². The van der Waals surface area contributed by atoms with E-state index >= 15 is 0 Å². The maximum Gasteiger partial charge on any atom is 0.0587 e. The van der Waals surface area contributed by atoms with Gasteiger partial charge in [-0.2, -0.15) is 5.10 Å². The van der Waals surface area contributed by atoms with Crippen molar-refractivity contribution in [2.24, 2.45) is 0 Å². The van der Waals surface area contributed by atoms with Gasteiger partial charge in [0, 0.05) is 19.9 Å². The van der Waals surface area contributed by atoms with E-state index in [4.69, 9.17) is 4.74 Å². The van der Waals surface area contributed by atoms with Crippen LogP contribution in [-0.4, -0.2) is 36.6 Å². The van der Waals surface area contributed by atoms with Crippen LogP contribution in [0.15, 0.2) is 12.4 Å². The molecule has 1 aromatic heterocycles. The van der Waals surface area contributed by atoms with Gasteiger partial charge in [0.15, 0.2) is 0 Å². The Hall–Kier alpha value is -0.870. The fourth-order valence-electron chi connectivity index (χ4n) is 2.09. The minimum absolute atomic E-state index is 0.554. The van der Waals surface area contributed by atoms with Gasteiger partial charge >= 0.3 is 0 Å². The predicted octanol–water partition coefficient (Wildman–Crippen LogP) is 2.41. The summed E-state index contributed by atoms with van der Waals surface area (Å²) in [6.45, 7) is 7.19. The van der Waals surface area contributed by atoms with Gasteiger partial charge in [-0.3, -0.25) is 4.68 Å². The Labute approximate surface area is 111 Å². The lowest BCUT2D eigenvalue weighted by atomic mass is 10.1. The van der Waals surface area contributed by atoms with Crippen LogP contribution in [0, 0.1) is 0 Å². The molecule has 1 rings (SSSR count). The van der Waals surface area contributed by atoms with Gasteiger partial charge in [-0.15, -0.1) is 0 Å². The minimum atomic E-state index is 0.554. The summed E-state index contributed by atoms with van der Waals surface area (Å²) >= 11 is 0. The molecule has 1 heterocycles. The molecule has 1 aromatic rings. The third kappa shape index (κ3) is 5.19. The summed E-state index contributed by atoms with van der Waals surface area (Å²) in [5.41, 5.74) is 1.34. The molecule has 0 saturated carbocycles. The summed E-state index contributed by atoms with van der Waals surface area (Å²) < 4.78 is 7.10. The summed E-state index contributed by atoms with van der Waals surface area (Å²) in [6, 6.07) is 0.554. The van der Waals surface area contributed by atoms with Crippen LogP contribution in [0.25, 0.3) is 0 Å². The van der Waals surface area contributed by atoms with Crippen LogP contribution in [0.1, 0.15) is 44.7 Å². The molecule has 0 unspecified atom stereocenters. The minimum Gasteiger partial charge on any atom is -0.383 e. The third-order valence-electron chi connectivity index (χ3n) is 3.27. The van der Waals surface area contributed by atoms with Gasteiger partial charge in [0.1, 0.15) is 0 Å². The first kappa shape index (κ1) is 15.2. The lowest BCUT2D eigenvalue weighted by Crippen LogP contribution is -2.20. The molecular formula is C14H27N3O. The van der Waals surface area contributed by atoms with Crippen molar-refractivity contribution in [3.8, 4) is 0 Å². The largest absolute Gasteiger partial charge is 0.383 e. The number of aromatic nitrogens is 2. The molecule has 1 N–H and O–H groups in total. The highest BCUT2D eigenvalue weighted by Gasteiger charge is 2.07. The quantitative estimate of drug-likeness (QED) is 0.651. The van der Waals surface area contributed by atoms with Crippen molar-refractivity contribution >= 4 is 0 Å². The molecule has 0 atom stereocenters. The van der Waals surface area contributed by atoms with E-state index in [-0.39, 0.29) is 0 Å². The van der Waals surface area contributed by atoms with E-state index in [1.54, 1.807) is 7.11 Å². The van der Waals surface area contributed by atoms with E-state index in [0.717, 1.165) is 45.4 Å². The maximum atomic E-state index is 4.99. The van der Waals surface area contributed by atoms with E-state index in [1.165, 1.54) is 5.56 Å². The molecule has 4 nitrogen and oxygen atoms in total. The van der Waals surface area contributed by atoms with E-state index < -0.39 is 0 Å². The van der Waals surface area contributed by atoms with Gasteiger partial charge in [0.2, 0.25) is 0 Å². The second kappa shape index (κ2) is 9.11. The number of nitrogens with zero attached hydrogens (tertiary/aromatic N) is 2. The average molecular weight is 253 g/mol. The van der Waals surface area contributed by atoms with Crippen molar-refractivity contribution < 1.29 is 4.74 Å². The molecule has 0 radical (unpaired) electrons. The zero-order valence-electron chi connectivity index (χ0n) is 12.0. The van der Waals surface area contributed by atoms with E-state index in [0.29, 0.717) is 6.04 Å². The Morgan fingerprint density at radius 2 is 2.11 bits per heavy atom. The first-order valence-electron chi connectivity index (χ1n) is 7.04. The fraction of sp³-hybridized carbons (Fsp3) is 0.786. The topological polar surface area (TPSA) is 39.1 Å². The third-order valence-corrected chi connectivity index (χ3v) is 3.27. The number of aryl methyl sites for hydroxylation is 1. The number of hydrogen-bond acceptors (Lipinski definition) is 3. The Bertz CT molecular complexity index is 308. The molecular weight excluding hydrogens is 226 g/mol. The molecule has 0 saturated heterocycles. The molecule has 0 aliphatic heterocycles. The molecule has 0 spiro atoms. The second-order valence-corrected chi connectivity index (χ2v) is 4.65. The molecule has 0 fully saturated rings. The molecule has 0 aliphatic carbocycles. The molecule has 0 amide bonds. The maximum absolute atomic E-state index is 4.99. The van der Waals surface area contributed by atoms with Crippen molar-refractivity contribution in [3.05, 3.63) is 18.0 Å². The van der Waals surface area contributed by atoms with Crippen LogP contribution >= 0.6 is 0 Å². The van der Waals surface area contributed by atoms with Crippen LogP contribution < -0.4 is 5.32 Å². The van der Waals surface area contributed by atoms with Crippen molar-refractivity contribution in [1.82, 2.24) is 15.1 Å². The van der Waals surface area contributed by atoms with Gasteiger partial charge in [-0.05, 0) is 37.8 Å². The Balaban J connectivity index is 2.23. The molecule has 4 heteroatoms. The lowest BCUT2D eigenvalue weighted by Gasteiger charge is -2.12. The summed E-state index contributed by atoms with van der Waals surface area (Å²) in [5, 5.41) is 7.82. The second-order valence-electron chi connectivity index (χ2n) is 4.65. The number of nitrogens with one attached hydrogen (secondary N) is 1. The molecule has 104 valence electrons. The summed E-state index contributed by atoms with van der Waals surface area (Å²) in [5.74, 6) is 0. The SMILES string of the molecule is CCC(CC)n1cc(CCCNCCOC)cn1. The monoisotopic (exact) mass is 253 g/mol. The van der Waals surface area contributed by atoms with Crippen molar-refractivity contribution in [1.29, 1.82) is 0 Å². The van der Waals surface area contributed by atoms with Crippen molar-refractivity contribution in [3.63, 3.8) is 0 Å². The number of ether oxygens (including phenoxy) is 1. The van der Waals surface area contributed by atoms with Gasteiger partial charge in [0.25, 0.3) is 0 Å². The summed E-state index contributed by atoms with van der Waals surface area (Å²) in [4.78, 5) is 0. The molecule has 0 aromatic carbocycles. The van der Waals surface area contributed by atoms with Crippen LogP contribution in [0.3, 0.4) is 0 Å². The standard InChI is InChI=1S/C14H27N3O/c1-4-14(5-2)17-12-13(11-16-17)7-6-8-15-9-10-18-3/h11-12,14-15H,4-10H2,1-3H3. The van der Waals surface area contributed by atoms with E-state index in [1.807, 2.05) is 6.20 Å². The summed E-state index contributed by atoms with van der Waals surface area (Å²) in [6.07, 6.45) is 8.76. The predicted molar refractivity (Wildman–Crippen MR) is 74.9 cm³/mol. The van der Waals surface area contributed by atoms with Gasteiger partial charge in [-0.25, -0.2) is 0 Å². The van der Waals surface area contributed by atoms with Gasteiger partial charge < -0.3 is 10.1 Å². The first-order valence-corrected chi connectivity index (χ1v) is 7.04. The highest BCUT2D eigenvalue weighted by atomic mass is 16.5. The van der Waals surface area contributed by atoms with Crippen LogP contribution in [0.2, 0.25) is 0 Å².